The first-order chi connectivity index (χ1) is 9.19. The van der Waals surface area contributed by atoms with Crippen LogP contribution < -0.4 is 5.32 Å². The molecule has 1 aliphatic rings. The SMILES string of the molecule is CCN1CCC(CNc2cc(C(C)C)ncn2)CC1. The smallest absolute Gasteiger partial charge is 0.129 e. The minimum atomic E-state index is 0.455. The van der Waals surface area contributed by atoms with Crippen LogP contribution in [-0.2, 0) is 0 Å². The van der Waals surface area contributed by atoms with Gasteiger partial charge in [0.25, 0.3) is 0 Å². The zero-order chi connectivity index (χ0) is 13.7. The summed E-state index contributed by atoms with van der Waals surface area (Å²) in [5.41, 5.74) is 1.11. The molecule has 0 bridgehead atoms. The van der Waals surface area contributed by atoms with Crippen molar-refractivity contribution >= 4 is 5.82 Å². The number of aromatic nitrogens is 2. The van der Waals surface area contributed by atoms with Crippen LogP contribution in [0.5, 0.6) is 0 Å². The Hall–Kier alpha value is -1.16. The van der Waals surface area contributed by atoms with Gasteiger partial charge in [-0.05, 0) is 44.3 Å². The predicted octanol–water partition coefficient (Wildman–Crippen LogP) is 2.74. The van der Waals surface area contributed by atoms with Crippen LogP contribution in [0.3, 0.4) is 0 Å². The summed E-state index contributed by atoms with van der Waals surface area (Å²) in [5, 5.41) is 3.47. The number of anilines is 1. The molecule has 2 rings (SSSR count). The molecule has 2 heterocycles. The summed E-state index contributed by atoms with van der Waals surface area (Å²) in [6.45, 7) is 11.3. The number of rotatable bonds is 5. The van der Waals surface area contributed by atoms with Gasteiger partial charge in [0.2, 0.25) is 0 Å². The van der Waals surface area contributed by atoms with Crippen molar-refractivity contribution in [3.8, 4) is 0 Å². The highest BCUT2D eigenvalue weighted by Gasteiger charge is 2.17. The molecule has 0 radical (unpaired) electrons. The lowest BCUT2D eigenvalue weighted by molar-refractivity contribution is 0.198. The minimum absolute atomic E-state index is 0.455. The largest absolute Gasteiger partial charge is 0.370 e. The van der Waals surface area contributed by atoms with Crippen molar-refractivity contribution in [3.63, 3.8) is 0 Å². The standard InChI is InChI=1S/C15H26N4/c1-4-19-7-5-13(6-8-19)10-16-15-9-14(12(2)3)17-11-18-15/h9,11-13H,4-8,10H2,1-3H3,(H,16,17,18). The molecule has 0 atom stereocenters. The Morgan fingerprint density at radius 3 is 2.68 bits per heavy atom. The second-order valence-corrected chi connectivity index (χ2v) is 5.74. The predicted molar refractivity (Wildman–Crippen MR) is 79.4 cm³/mol. The summed E-state index contributed by atoms with van der Waals surface area (Å²) in [6, 6.07) is 2.08. The molecule has 0 spiro atoms. The van der Waals surface area contributed by atoms with E-state index in [1.54, 1.807) is 6.33 Å². The molecule has 4 nitrogen and oxygen atoms in total. The molecule has 4 heteroatoms. The number of nitrogens with one attached hydrogen (secondary N) is 1. The van der Waals surface area contributed by atoms with Gasteiger partial charge in [-0.25, -0.2) is 9.97 Å². The van der Waals surface area contributed by atoms with Crippen molar-refractivity contribution in [2.24, 2.45) is 5.92 Å². The number of piperidine rings is 1. The maximum absolute atomic E-state index is 4.30. The lowest BCUT2D eigenvalue weighted by atomic mass is 9.97. The van der Waals surface area contributed by atoms with Crippen molar-refractivity contribution in [2.45, 2.75) is 39.5 Å². The van der Waals surface area contributed by atoms with E-state index in [0.29, 0.717) is 5.92 Å². The fourth-order valence-electron chi connectivity index (χ4n) is 2.54. The quantitative estimate of drug-likeness (QED) is 0.886. The monoisotopic (exact) mass is 262 g/mol. The van der Waals surface area contributed by atoms with E-state index >= 15 is 0 Å². The Kier molecular flexibility index (Phi) is 5.14. The maximum atomic E-state index is 4.30. The van der Waals surface area contributed by atoms with Gasteiger partial charge in [0.05, 0.1) is 0 Å². The van der Waals surface area contributed by atoms with Crippen LogP contribution >= 0.6 is 0 Å². The first-order valence-electron chi connectivity index (χ1n) is 7.47. The summed E-state index contributed by atoms with van der Waals surface area (Å²) < 4.78 is 0. The van der Waals surface area contributed by atoms with Gasteiger partial charge in [0, 0.05) is 18.3 Å². The molecule has 0 unspecified atom stereocenters. The Morgan fingerprint density at radius 2 is 2.05 bits per heavy atom. The minimum Gasteiger partial charge on any atom is -0.370 e. The molecule has 1 aromatic rings. The second-order valence-electron chi connectivity index (χ2n) is 5.74. The molecular weight excluding hydrogens is 236 g/mol. The van der Waals surface area contributed by atoms with Crippen molar-refractivity contribution < 1.29 is 0 Å². The molecule has 1 saturated heterocycles. The Labute approximate surface area is 116 Å². The van der Waals surface area contributed by atoms with Gasteiger partial charge in [-0.3, -0.25) is 0 Å². The topological polar surface area (TPSA) is 41.0 Å². The molecule has 1 fully saturated rings. The first kappa shape index (κ1) is 14.3. The average Bonchev–Trinajstić information content (AvgIpc) is 2.46. The molecule has 1 aliphatic heterocycles. The van der Waals surface area contributed by atoms with E-state index in [4.69, 9.17) is 0 Å². The Morgan fingerprint density at radius 1 is 1.32 bits per heavy atom. The first-order valence-corrected chi connectivity index (χ1v) is 7.47. The molecule has 1 aromatic heterocycles. The average molecular weight is 262 g/mol. The highest BCUT2D eigenvalue weighted by Crippen LogP contribution is 2.18. The molecule has 0 aromatic carbocycles. The van der Waals surface area contributed by atoms with Crippen LogP contribution in [0, 0.1) is 5.92 Å². The van der Waals surface area contributed by atoms with Gasteiger partial charge in [0.15, 0.2) is 0 Å². The maximum Gasteiger partial charge on any atom is 0.129 e. The lowest BCUT2D eigenvalue weighted by Gasteiger charge is -2.31. The molecular formula is C15H26N4. The van der Waals surface area contributed by atoms with Gasteiger partial charge in [-0.1, -0.05) is 20.8 Å². The van der Waals surface area contributed by atoms with E-state index in [2.05, 4.69) is 47.0 Å². The third-order valence-corrected chi connectivity index (χ3v) is 4.01. The highest BCUT2D eigenvalue weighted by atomic mass is 15.1. The van der Waals surface area contributed by atoms with Crippen LogP contribution in [0.1, 0.15) is 45.2 Å². The third-order valence-electron chi connectivity index (χ3n) is 4.01. The van der Waals surface area contributed by atoms with Crippen LogP contribution in [0.25, 0.3) is 0 Å². The number of hydrogen-bond donors (Lipinski definition) is 1. The lowest BCUT2D eigenvalue weighted by Crippen LogP contribution is -2.35. The molecule has 1 N–H and O–H groups in total. The summed E-state index contributed by atoms with van der Waals surface area (Å²) >= 11 is 0. The van der Waals surface area contributed by atoms with E-state index in [0.717, 1.165) is 24.0 Å². The van der Waals surface area contributed by atoms with E-state index in [-0.39, 0.29) is 0 Å². The Balaban J connectivity index is 1.81. The van der Waals surface area contributed by atoms with Gasteiger partial charge in [-0.2, -0.15) is 0 Å². The normalized spacial score (nSPS) is 17.9. The van der Waals surface area contributed by atoms with Crippen LogP contribution in [0.4, 0.5) is 5.82 Å². The van der Waals surface area contributed by atoms with Crippen molar-refractivity contribution in [3.05, 3.63) is 18.1 Å². The zero-order valence-corrected chi connectivity index (χ0v) is 12.4. The van der Waals surface area contributed by atoms with Gasteiger partial charge >= 0.3 is 0 Å². The van der Waals surface area contributed by atoms with E-state index in [1.165, 1.54) is 32.5 Å². The van der Waals surface area contributed by atoms with E-state index in [1.807, 2.05) is 0 Å². The van der Waals surface area contributed by atoms with Crippen LogP contribution in [-0.4, -0.2) is 41.0 Å². The fourth-order valence-corrected chi connectivity index (χ4v) is 2.54. The molecule has 0 amide bonds. The van der Waals surface area contributed by atoms with Gasteiger partial charge in [-0.15, -0.1) is 0 Å². The summed E-state index contributed by atoms with van der Waals surface area (Å²) in [4.78, 5) is 11.1. The summed E-state index contributed by atoms with van der Waals surface area (Å²) in [5.74, 6) is 2.20. The zero-order valence-electron chi connectivity index (χ0n) is 12.4. The third kappa shape index (κ3) is 4.16. The molecule has 0 saturated carbocycles. The number of hydrogen-bond acceptors (Lipinski definition) is 4. The highest BCUT2D eigenvalue weighted by molar-refractivity contribution is 5.35. The molecule has 0 aliphatic carbocycles. The van der Waals surface area contributed by atoms with Crippen molar-refractivity contribution in [1.82, 2.24) is 14.9 Å². The summed E-state index contributed by atoms with van der Waals surface area (Å²) in [7, 11) is 0. The Bertz CT molecular complexity index is 383. The second kappa shape index (κ2) is 6.85. The van der Waals surface area contributed by atoms with Crippen LogP contribution in [0.2, 0.25) is 0 Å². The molecule has 19 heavy (non-hydrogen) atoms. The van der Waals surface area contributed by atoms with Crippen molar-refractivity contribution in [2.75, 3.05) is 31.5 Å². The molecule has 106 valence electrons. The fraction of sp³-hybridized carbons (Fsp3) is 0.733. The van der Waals surface area contributed by atoms with Gasteiger partial charge < -0.3 is 10.2 Å². The number of nitrogens with zero attached hydrogens (tertiary/aromatic N) is 3. The number of likely N-dealkylation sites (tertiary alicyclic amines) is 1. The van der Waals surface area contributed by atoms with Gasteiger partial charge in [0.1, 0.15) is 12.1 Å². The van der Waals surface area contributed by atoms with Crippen molar-refractivity contribution in [1.29, 1.82) is 0 Å². The summed E-state index contributed by atoms with van der Waals surface area (Å²) in [6.07, 6.45) is 4.25. The van der Waals surface area contributed by atoms with E-state index in [9.17, 15) is 0 Å². The van der Waals surface area contributed by atoms with E-state index < -0.39 is 0 Å². The van der Waals surface area contributed by atoms with Crippen LogP contribution in [0.15, 0.2) is 12.4 Å².